The zero-order valence-electron chi connectivity index (χ0n) is 20.2. The van der Waals surface area contributed by atoms with E-state index in [2.05, 4.69) is 57.3 Å². The highest BCUT2D eigenvalue weighted by atomic mass is 16.2. The van der Waals surface area contributed by atoms with Crippen molar-refractivity contribution in [3.05, 3.63) is 95.7 Å². The summed E-state index contributed by atoms with van der Waals surface area (Å²) in [6.07, 6.45) is 3.93. The quantitative estimate of drug-likeness (QED) is 0.459. The van der Waals surface area contributed by atoms with Crippen LogP contribution in [0, 0.1) is 11.3 Å². The number of rotatable bonds is 4. The third kappa shape index (κ3) is 4.12. The molecule has 1 unspecified atom stereocenters. The second kappa shape index (κ2) is 9.52. The lowest BCUT2D eigenvalue weighted by Crippen LogP contribution is -2.54. The zero-order chi connectivity index (χ0) is 24.5. The maximum absolute atomic E-state index is 13.8. The Labute approximate surface area is 211 Å². The van der Waals surface area contributed by atoms with Crippen molar-refractivity contribution in [2.45, 2.75) is 18.9 Å². The number of amides is 1. The topological polar surface area (TPSA) is 66.4 Å². The van der Waals surface area contributed by atoms with Gasteiger partial charge in [-0.2, -0.15) is 5.26 Å². The van der Waals surface area contributed by atoms with Crippen molar-refractivity contribution in [3.63, 3.8) is 0 Å². The number of aromatic amines is 1. The van der Waals surface area contributed by atoms with Gasteiger partial charge in [-0.15, -0.1) is 0 Å². The molecule has 0 aliphatic carbocycles. The lowest BCUT2D eigenvalue weighted by molar-refractivity contribution is 0.0963. The molecule has 0 radical (unpaired) electrons. The number of nitrogens with one attached hydrogen (secondary N) is 1. The van der Waals surface area contributed by atoms with Gasteiger partial charge < -0.3 is 14.8 Å². The Morgan fingerprint density at radius 3 is 2.50 bits per heavy atom. The summed E-state index contributed by atoms with van der Waals surface area (Å²) in [4.78, 5) is 24.1. The largest absolute Gasteiger partial charge is 0.368 e. The zero-order valence-corrected chi connectivity index (χ0v) is 20.2. The number of aromatic nitrogens is 1. The minimum Gasteiger partial charge on any atom is -0.368 e. The molecule has 180 valence electrons. The molecule has 1 atom stereocenters. The number of carbonyl (C=O) groups excluding carboxylic acids is 1. The molecule has 6 rings (SSSR count). The molecule has 6 heteroatoms. The summed E-state index contributed by atoms with van der Waals surface area (Å²) in [5.41, 5.74) is 5.89. The van der Waals surface area contributed by atoms with Gasteiger partial charge in [-0.25, -0.2) is 0 Å². The van der Waals surface area contributed by atoms with Gasteiger partial charge in [0.05, 0.1) is 17.7 Å². The Balaban J connectivity index is 1.20. The van der Waals surface area contributed by atoms with Crippen molar-refractivity contribution in [3.8, 4) is 6.07 Å². The van der Waals surface area contributed by atoms with E-state index in [4.69, 9.17) is 5.26 Å². The molecule has 1 amide bonds. The third-order valence-electron chi connectivity index (χ3n) is 7.60. The Morgan fingerprint density at radius 1 is 0.917 bits per heavy atom. The number of hydrogen-bond donors (Lipinski definition) is 1. The van der Waals surface area contributed by atoms with Crippen LogP contribution < -0.4 is 9.80 Å². The van der Waals surface area contributed by atoms with Crippen LogP contribution >= 0.6 is 0 Å². The first-order valence-electron chi connectivity index (χ1n) is 12.7. The monoisotopic (exact) mass is 475 g/mol. The molecular weight excluding hydrogens is 446 g/mol. The Kier molecular flexibility index (Phi) is 5.92. The van der Waals surface area contributed by atoms with E-state index in [1.165, 1.54) is 22.2 Å². The molecule has 0 bridgehead atoms. The summed E-state index contributed by atoms with van der Waals surface area (Å²) in [7, 11) is 0. The van der Waals surface area contributed by atoms with Gasteiger partial charge >= 0.3 is 0 Å². The van der Waals surface area contributed by atoms with E-state index in [0.29, 0.717) is 11.1 Å². The summed E-state index contributed by atoms with van der Waals surface area (Å²) in [5.74, 6) is 0.00871. The van der Waals surface area contributed by atoms with Crippen LogP contribution in [-0.2, 0) is 6.42 Å². The molecule has 0 saturated carbocycles. The van der Waals surface area contributed by atoms with Crippen molar-refractivity contribution >= 4 is 28.2 Å². The first-order valence-corrected chi connectivity index (χ1v) is 12.7. The van der Waals surface area contributed by atoms with Gasteiger partial charge in [0, 0.05) is 66.8 Å². The minimum absolute atomic E-state index is 0.00871. The lowest BCUT2D eigenvalue weighted by Gasteiger charge is -2.42. The lowest BCUT2D eigenvalue weighted by atomic mass is 9.94. The van der Waals surface area contributed by atoms with Crippen LogP contribution in [0.1, 0.15) is 27.9 Å². The van der Waals surface area contributed by atoms with Crippen LogP contribution in [0.15, 0.2) is 79.0 Å². The van der Waals surface area contributed by atoms with Crippen LogP contribution in [-0.4, -0.2) is 54.6 Å². The van der Waals surface area contributed by atoms with Gasteiger partial charge in [-0.05, 0) is 66.9 Å². The number of nitrogens with zero attached hydrogens (tertiary/aromatic N) is 4. The number of hydrogen-bond acceptors (Lipinski definition) is 4. The molecule has 2 aliphatic heterocycles. The van der Waals surface area contributed by atoms with Crippen molar-refractivity contribution in [2.24, 2.45) is 0 Å². The molecule has 0 spiro atoms. The second-order valence-electron chi connectivity index (χ2n) is 9.69. The number of nitriles is 1. The number of piperazine rings is 1. The highest BCUT2D eigenvalue weighted by Crippen LogP contribution is 2.33. The number of H-pyrrole nitrogens is 1. The summed E-state index contributed by atoms with van der Waals surface area (Å²) < 4.78 is 0. The molecule has 3 heterocycles. The molecule has 1 N–H and O–H groups in total. The van der Waals surface area contributed by atoms with Crippen LogP contribution in [0.25, 0.3) is 10.9 Å². The summed E-state index contributed by atoms with van der Waals surface area (Å²) in [6, 6.07) is 26.1. The highest BCUT2D eigenvalue weighted by Gasteiger charge is 2.33. The molecule has 36 heavy (non-hydrogen) atoms. The predicted molar refractivity (Wildman–Crippen MR) is 143 cm³/mol. The Hall–Kier alpha value is -4.08. The standard InChI is InChI=1S/C30H29N5O/c31-20-22-8-10-24(11-9-22)30(36)35-25(13-12-23-4-1-2-6-28(23)35)21-33-16-18-34(19-17-33)29-7-3-5-27-26(29)14-15-32-27/h1-11,14-15,25,32H,12-13,16-19,21H2. The molecular formula is C30H29N5O. The predicted octanol–water partition coefficient (Wildman–Crippen LogP) is 4.82. The van der Waals surface area contributed by atoms with Crippen LogP contribution in [0.4, 0.5) is 11.4 Å². The Bertz CT molecular complexity index is 1430. The van der Waals surface area contributed by atoms with Crippen LogP contribution in [0.2, 0.25) is 0 Å². The molecule has 4 aromatic rings. The number of para-hydroxylation sites is 1. The van der Waals surface area contributed by atoms with Crippen LogP contribution in [0.5, 0.6) is 0 Å². The fourth-order valence-corrected chi connectivity index (χ4v) is 5.69. The molecule has 1 fully saturated rings. The number of carbonyl (C=O) groups is 1. The number of aryl methyl sites for hydroxylation is 1. The number of fused-ring (bicyclic) bond motifs is 2. The fourth-order valence-electron chi connectivity index (χ4n) is 5.69. The number of anilines is 2. The minimum atomic E-state index is 0.00871. The molecule has 3 aromatic carbocycles. The van der Waals surface area contributed by atoms with Gasteiger partial charge in [0.1, 0.15) is 0 Å². The first kappa shape index (κ1) is 22.4. The Morgan fingerprint density at radius 2 is 1.69 bits per heavy atom. The van der Waals surface area contributed by atoms with Gasteiger partial charge in [-0.1, -0.05) is 24.3 Å². The van der Waals surface area contributed by atoms with Gasteiger partial charge in [0.2, 0.25) is 0 Å². The van der Waals surface area contributed by atoms with E-state index in [9.17, 15) is 4.79 Å². The van der Waals surface area contributed by atoms with E-state index >= 15 is 0 Å². The summed E-state index contributed by atoms with van der Waals surface area (Å²) in [6.45, 7) is 4.74. The van der Waals surface area contributed by atoms with Crippen molar-refractivity contribution < 1.29 is 4.79 Å². The van der Waals surface area contributed by atoms with E-state index < -0.39 is 0 Å². The highest BCUT2D eigenvalue weighted by molar-refractivity contribution is 6.07. The van der Waals surface area contributed by atoms with Gasteiger partial charge in [0.15, 0.2) is 0 Å². The van der Waals surface area contributed by atoms with Gasteiger partial charge in [0.25, 0.3) is 5.91 Å². The second-order valence-corrected chi connectivity index (χ2v) is 9.69. The van der Waals surface area contributed by atoms with Crippen molar-refractivity contribution in [1.29, 1.82) is 5.26 Å². The van der Waals surface area contributed by atoms with E-state index in [1.807, 2.05) is 23.2 Å². The van der Waals surface area contributed by atoms with Gasteiger partial charge in [-0.3, -0.25) is 9.69 Å². The van der Waals surface area contributed by atoms with Crippen molar-refractivity contribution in [1.82, 2.24) is 9.88 Å². The molecule has 1 aromatic heterocycles. The molecule has 2 aliphatic rings. The van der Waals surface area contributed by atoms with Crippen molar-refractivity contribution in [2.75, 3.05) is 42.5 Å². The third-order valence-corrected chi connectivity index (χ3v) is 7.60. The smallest absolute Gasteiger partial charge is 0.258 e. The molecule has 1 saturated heterocycles. The summed E-state index contributed by atoms with van der Waals surface area (Å²) in [5, 5.41) is 10.4. The SMILES string of the molecule is N#Cc1ccc(C(=O)N2c3ccccc3CCC2CN2CCN(c3cccc4[nH]ccc34)CC2)cc1. The normalized spacial score (nSPS) is 18.1. The average Bonchev–Trinajstić information content (AvgIpc) is 3.42. The number of benzene rings is 3. The van der Waals surface area contributed by atoms with E-state index in [-0.39, 0.29) is 11.9 Å². The first-order chi connectivity index (χ1) is 17.7. The van der Waals surface area contributed by atoms with Crippen LogP contribution in [0.3, 0.4) is 0 Å². The maximum atomic E-state index is 13.8. The maximum Gasteiger partial charge on any atom is 0.258 e. The molecule has 6 nitrogen and oxygen atoms in total. The fraction of sp³-hybridized carbons (Fsp3) is 0.267. The van der Waals surface area contributed by atoms with E-state index in [1.54, 1.807) is 24.3 Å². The van der Waals surface area contributed by atoms with E-state index in [0.717, 1.165) is 51.3 Å². The summed E-state index contributed by atoms with van der Waals surface area (Å²) >= 11 is 0. The average molecular weight is 476 g/mol.